The Morgan fingerprint density at radius 1 is 1.12 bits per heavy atom. The minimum Gasteiger partial charge on any atom is -0.872 e. The van der Waals surface area contributed by atoms with Crippen LogP contribution in [0.15, 0.2) is 54.1 Å². The lowest BCUT2D eigenvalue weighted by molar-refractivity contribution is -0.907. The van der Waals surface area contributed by atoms with Crippen LogP contribution in [0.4, 0.5) is 0 Å². The molecule has 1 N–H and O–H groups in total. The number of carbonyl (C=O) groups excluding carboxylic acids is 2. The van der Waals surface area contributed by atoms with E-state index in [0.29, 0.717) is 48.2 Å². The number of benzene rings is 2. The average Bonchev–Trinajstić information content (AvgIpc) is 3.08. The summed E-state index contributed by atoms with van der Waals surface area (Å²) >= 11 is 6.07. The first kappa shape index (κ1) is 24.3. The van der Waals surface area contributed by atoms with E-state index >= 15 is 0 Å². The first-order valence-electron chi connectivity index (χ1n) is 11.6. The van der Waals surface area contributed by atoms with Crippen molar-refractivity contribution in [2.24, 2.45) is 0 Å². The number of ether oxygens (including phenoxy) is 2. The van der Waals surface area contributed by atoms with Crippen LogP contribution < -0.4 is 14.7 Å². The van der Waals surface area contributed by atoms with Gasteiger partial charge in [0, 0.05) is 10.6 Å². The summed E-state index contributed by atoms with van der Waals surface area (Å²) in [5.74, 6) is -1.20. The highest BCUT2D eigenvalue weighted by Gasteiger charge is 2.44. The molecule has 2 saturated heterocycles. The lowest BCUT2D eigenvalue weighted by Crippen LogP contribution is -3.14. The Morgan fingerprint density at radius 2 is 1.76 bits per heavy atom. The van der Waals surface area contributed by atoms with Crippen molar-refractivity contribution in [2.45, 2.75) is 26.0 Å². The molecule has 180 valence electrons. The highest BCUT2D eigenvalue weighted by atomic mass is 35.5. The van der Waals surface area contributed by atoms with Gasteiger partial charge < -0.3 is 24.4 Å². The Labute approximate surface area is 204 Å². The molecule has 2 aliphatic heterocycles. The van der Waals surface area contributed by atoms with Gasteiger partial charge >= 0.3 is 0 Å². The largest absolute Gasteiger partial charge is 0.872 e. The second kappa shape index (κ2) is 10.6. The van der Waals surface area contributed by atoms with Crippen molar-refractivity contribution in [3.8, 4) is 5.75 Å². The molecule has 0 bridgehead atoms. The Kier molecular flexibility index (Phi) is 7.56. The van der Waals surface area contributed by atoms with Crippen molar-refractivity contribution >= 4 is 29.1 Å². The SMILES string of the molecule is CC(C)Oc1ccc(/C([O-])=C2\C(=O)C(=O)N(CC[NH+]3CCOCC3)C2c2ccc(Cl)cc2)cc1. The number of nitrogens with zero attached hydrogens (tertiary/aromatic N) is 1. The maximum atomic E-state index is 13.5. The maximum Gasteiger partial charge on any atom is 0.295 e. The molecule has 2 heterocycles. The van der Waals surface area contributed by atoms with E-state index < -0.39 is 23.5 Å². The lowest BCUT2D eigenvalue weighted by Gasteiger charge is -2.30. The monoisotopic (exact) mass is 484 g/mol. The molecule has 7 nitrogen and oxygen atoms in total. The molecule has 0 aliphatic carbocycles. The number of nitrogens with one attached hydrogen (secondary N) is 1. The zero-order valence-electron chi connectivity index (χ0n) is 19.4. The quantitative estimate of drug-likeness (QED) is 0.363. The van der Waals surface area contributed by atoms with Crippen LogP contribution in [0.25, 0.3) is 5.76 Å². The molecule has 2 aromatic carbocycles. The molecule has 0 saturated carbocycles. The summed E-state index contributed by atoms with van der Waals surface area (Å²) in [5, 5.41) is 14.1. The number of hydrogen-bond acceptors (Lipinski definition) is 5. The summed E-state index contributed by atoms with van der Waals surface area (Å²) in [7, 11) is 0. The van der Waals surface area contributed by atoms with Gasteiger partial charge in [-0.25, -0.2) is 0 Å². The van der Waals surface area contributed by atoms with E-state index in [4.69, 9.17) is 21.1 Å². The number of amides is 1. The van der Waals surface area contributed by atoms with Crippen LogP contribution in [0.2, 0.25) is 5.02 Å². The standard InChI is InChI=1S/C26H29ClN2O5/c1-17(2)34-21-9-5-19(6-10-21)24(30)22-23(18-3-7-20(27)8-4-18)29(26(32)25(22)31)12-11-28-13-15-33-16-14-28/h3-10,17,23,30H,11-16H2,1-2H3/b24-22+. The predicted octanol–water partition coefficient (Wildman–Crippen LogP) is 1.27. The normalized spacial score (nSPS) is 20.8. The van der Waals surface area contributed by atoms with Crippen molar-refractivity contribution in [2.75, 3.05) is 39.4 Å². The highest BCUT2D eigenvalue weighted by molar-refractivity contribution is 6.46. The third-order valence-electron chi connectivity index (χ3n) is 6.11. The van der Waals surface area contributed by atoms with E-state index in [2.05, 4.69) is 0 Å². The molecule has 2 fully saturated rings. The number of hydrogen-bond donors (Lipinski definition) is 1. The first-order chi connectivity index (χ1) is 16.3. The van der Waals surface area contributed by atoms with Gasteiger partial charge in [-0.3, -0.25) is 9.59 Å². The van der Waals surface area contributed by atoms with Gasteiger partial charge in [0.1, 0.15) is 18.8 Å². The summed E-state index contributed by atoms with van der Waals surface area (Å²) < 4.78 is 11.1. The van der Waals surface area contributed by atoms with Crippen molar-refractivity contribution in [3.63, 3.8) is 0 Å². The molecule has 1 atom stereocenters. The molecule has 1 unspecified atom stereocenters. The maximum absolute atomic E-state index is 13.5. The number of quaternary nitrogens is 1. The van der Waals surface area contributed by atoms with Gasteiger partial charge in [0.25, 0.3) is 5.91 Å². The predicted molar refractivity (Wildman–Crippen MR) is 126 cm³/mol. The lowest BCUT2D eigenvalue weighted by atomic mass is 9.95. The van der Waals surface area contributed by atoms with E-state index in [0.717, 1.165) is 13.1 Å². The Hall–Kier alpha value is -2.87. The van der Waals surface area contributed by atoms with E-state index in [-0.39, 0.29) is 11.7 Å². The molecule has 34 heavy (non-hydrogen) atoms. The van der Waals surface area contributed by atoms with Crippen LogP contribution >= 0.6 is 11.6 Å². The zero-order valence-corrected chi connectivity index (χ0v) is 20.1. The number of Topliss-reactive ketones (excluding diaryl/α,β-unsaturated/α-hetero) is 1. The van der Waals surface area contributed by atoms with Crippen LogP contribution in [0.1, 0.15) is 31.0 Å². The fourth-order valence-corrected chi connectivity index (χ4v) is 4.52. The van der Waals surface area contributed by atoms with Gasteiger partial charge in [-0.15, -0.1) is 0 Å². The van der Waals surface area contributed by atoms with Crippen molar-refractivity contribution < 1.29 is 29.1 Å². The summed E-state index contributed by atoms with van der Waals surface area (Å²) in [4.78, 5) is 29.0. The fourth-order valence-electron chi connectivity index (χ4n) is 4.39. The smallest absolute Gasteiger partial charge is 0.295 e. The molecule has 1 amide bonds. The van der Waals surface area contributed by atoms with Crippen LogP contribution in [-0.4, -0.2) is 62.1 Å². The van der Waals surface area contributed by atoms with Crippen LogP contribution in [0.5, 0.6) is 5.75 Å². The minimum atomic E-state index is -0.753. The second-order valence-corrected chi connectivity index (χ2v) is 9.26. The number of carbonyl (C=O) groups is 2. The van der Waals surface area contributed by atoms with Crippen molar-refractivity contribution in [1.29, 1.82) is 0 Å². The van der Waals surface area contributed by atoms with Crippen molar-refractivity contribution in [1.82, 2.24) is 4.90 Å². The topological polar surface area (TPSA) is 83.3 Å². The second-order valence-electron chi connectivity index (χ2n) is 8.83. The average molecular weight is 485 g/mol. The summed E-state index contributed by atoms with van der Waals surface area (Å²) in [5.41, 5.74) is 0.998. The summed E-state index contributed by atoms with van der Waals surface area (Å²) in [6.07, 6.45) is 0.00129. The van der Waals surface area contributed by atoms with Gasteiger partial charge in [0.2, 0.25) is 5.78 Å². The molecule has 0 radical (unpaired) electrons. The third-order valence-corrected chi connectivity index (χ3v) is 6.36. The van der Waals surface area contributed by atoms with Gasteiger partial charge in [0.05, 0.1) is 38.4 Å². The summed E-state index contributed by atoms with van der Waals surface area (Å²) in [6, 6.07) is 12.8. The van der Waals surface area contributed by atoms with Crippen LogP contribution in [0.3, 0.4) is 0 Å². The van der Waals surface area contributed by atoms with Crippen LogP contribution in [-0.2, 0) is 14.3 Å². The molecule has 0 aromatic heterocycles. The van der Waals surface area contributed by atoms with Gasteiger partial charge in [-0.1, -0.05) is 41.6 Å². The number of likely N-dealkylation sites (tertiary alicyclic amines) is 1. The first-order valence-corrected chi connectivity index (χ1v) is 11.9. The Morgan fingerprint density at radius 3 is 2.38 bits per heavy atom. The molecular formula is C26H29ClN2O5. The Bertz CT molecular complexity index is 1060. The molecule has 8 heteroatoms. The minimum absolute atomic E-state index is 0.00129. The van der Waals surface area contributed by atoms with E-state index in [1.54, 1.807) is 48.5 Å². The number of ketones is 1. The molecule has 2 aromatic rings. The van der Waals surface area contributed by atoms with Gasteiger partial charge in [0.15, 0.2) is 0 Å². The third kappa shape index (κ3) is 5.27. The van der Waals surface area contributed by atoms with E-state index in [9.17, 15) is 14.7 Å². The van der Waals surface area contributed by atoms with Crippen molar-refractivity contribution in [3.05, 3.63) is 70.3 Å². The van der Waals surface area contributed by atoms with E-state index in [1.807, 2.05) is 13.8 Å². The number of rotatable bonds is 7. The van der Waals surface area contributed by atoms with Gasteiger partial charge in [-0.2, -0.15) is 0 Å². The molecule has 0 spiro atoms. The van der Waals surface area contributed by atoms with Gasteiger partial charge in [-0.05, 0) is 49.2 Å². The summed E-state index contributed by atoms with van der Waals surface area (Å²) in [6.45, 7) is 7.93. The van der Waals surface area contributed by atoms with Crippen LogP contribution in [0, 0.1) is 0 Å². The fraction of sp³-hybridized carbons (Fsp3) is 0.385. The zero-order chi connectivity index (χ0) is 24.2. The molecule has 4 rings (SSSR count). The number of morpholine rings is 1. The highest BCUT2D eigenvalue weighted by Crippen LogP contribution is 2.38. The number of halogens is 1. The Balaban J connectivity index is 1.69. The van der Waals surface area contributed by atoms with E-state index in [1.165, 1.54) is 9.80 Å². The molecular weight excluding hydrogens is 456 g/mol. The molecule has 2 aliphatic rings.